The van der Waals surface area contributed by atoms with Crippen LogP contribution in [0.4, 0.5) is 0 Å². The summed E-state index contributed by atoms with van der Waals surface area (Å²) in [5, 5.41) is 8.78. The van der Waals surface area contributed by atoms with Gasteiger partial charge in [-0.25, -0.2) is 13.1 Å². The molecule has 1 aromatic rings. The highest BCUT2D eigenvalue weighted by Crippen LogP contribution is 2.11. The molecular weight excluding hydrogens is 288 g/mol. The highest BCUT2D eigenvalue weighted by Gasteiger charge is 2.13. The van der Waals surface area contributed by atoms with E-state index in [4.69, 9.17) is 5.11 Å². The van der Waals surface area contributed by atoms with Crippen LogP contribution < -0.4 is 4.72 Å². The fraction of sp³-hybridized carbons (Fsp3) is 0.600. The Morgan fingerprint density at radius 2 is 1.76 bits per heavy atom. The Balaban J connectivity index is 2.57. The second kappa shape index (κ2) is 9.15. The molecular formula is C15H26N2O3S. The first-order valence-electron chi connectivity index (χ1n) is 7.45. The number of nitrogens with zero attached hydrogens (tertiary/aromatic N) is 1. The van der Waals surface area contributed by atoms with E-state index in [1.807, 2.05) is 0 Å². The van der Waals surface area contributed by atoms with Crippen LogP contribution in [-0.4, -0.2) is 51.2 Å². The van der Waals surface area contributed by atoms with E-state index in [0.717, 1.165) is 25.1 Å². The fourth-order valence-corrected chi connectivity index (χ4v) is 3.10. The molecule has 0 saturated carbocycles. The lowest BCUT2D eigenvalue weighted by Gasteiger charge is -2.18. The molecule has 0 radical (unpaired) electrons. The minimum Gasteiger partial charge on any atom is -0.396 e. The molecule has 0 aromatic heterocycles. The largest absolute Gasteiger partial charge is 0.396 e. The summed E-state index contributed by atoms with van der Waals surface area (Å²) in [7, 11) is -3.44. The van der Waals surface area contributed by atoms with E-state index in [0.29, 0.717) is 19.5 Å². The molecule has 0 atom stereocenters. The average Bonchev–Trinajstić information content (AvgIpc) is 2.50. The van der Waals surface area contributed by atoms with Gasteiger partial charge in [-0.05, 0) is 43.6 Å². The molecule has 1 rings (SSSR count). The first-order valence-corrected chi connectivity index (χ1v) is 8.93. The predicted octanol–water partition coefficient (Wildman–Crippen LogP) is 1.23. The van der Waals surface area contributed by atoms with Crippen molar-refractivity contribution in [1.82, 2.24) is 9.62 Å². The molecule has 0 unspecified atom stereocenters. The van der Waals surface area contributed by atoms with Gasteiger partial charge in [-0.3, -0.25) is 0 Å². The zero-order valence-electron chi connectivity index (χ0n) is 12.9. The van der Waals surface area contributed by atoms with Crippen LogP contribution in [0, 0.1) is 0 Å². The fourth-order valence-electron chi connectivity index (χ4n) is 2.08. The Morgan fingerprint density at radius 1 is 1.14 bits per heavy atom. The van der Waals surface area contributed by atoms with Crippen molar-refractivity contribution in [2.24, 2.45) is 0 Å². The monoisotopic (exact) mass is 314 g/mol. The lowest BCUT2D eigenvalue weighted by Crippen LogP contribution is -2.34. The van der Waals surface area contributed by atoms with Crippen LogP contribution in [0.15, 0.2) is 29.2 Å². The van der Waals surface area contributed by atoms with Crippen LogP contribution in [0.3, 0.4) is 0 Å². The molecule has 21 heavy (non-hydrogen) atoms. The van der Waals surface area contributed by atoms with Gasteiger partial charge in [0.15, 0.2) is 0 Å². The minimum atomic E-state index is -3.44. The smallest absolute Gasteiger partial charge is 0.240 e. The molecule has 0 aliphatic heterocycles. The van der Waals surface area contributed by atoms with Crippen LogP contribution in [0.2, 0.25) is 0 Å². The third-order valence-corrected chi connectivity index (χ3v) is 4.95. The van der Waals surface area contributed by atoms with Crippen LogP contribution in [-0.2, 0) is 16.4 Å². The number of aliphatic hydroxyl groups is 1. The third kappa shape index (κ3) is 6.13. The van der Waals surface area contributed by atoms with Gasteiger partial charge >= 0.3 is 0 Å². The third-order valence-electron chi connectivity index (χ3n) is 3.47. The molecule has 1 aromatic carbocycles. The SMILES string of the molecule is CCN(CC)CCNS(=O)(=O)c1ccc(CCCO)cc1. The lowest BCUT2D eigenvalue weighted by atomic mass is 10.1. The van der Waals surface area contributed by atoms with Crippen molar-refractivity contribution in [2.45, 2.75) is 31.6 Å². The van der Waals surface area contributed by atoms with Gasteiger partial charge in [0.25, 0.3) is 0 Å². The molecule has 0 bridgehead atoms. The summed E-state index contributed by atoms with van der Waals surface area (Å²) in [6.07, 6.45) is 1.44. The maximum Gasteiger partial charge on any atom is 0.240 e. The molecule has 0 heterocycles. The standard InChI is InChI=1S/C15H26N2O3S/c1-3-17(4-2)12-11-16-21(19,20)15-9-7-14(8-10-15)6-5-13-18/h7-10,16,18H,3-6,11-13H2,1-2H3. The van der Waals surface area contributed by atoms with E-state index < -0.39 is 10.0 Å². The van der Waals surface area contributed by atoms with Crippen molar-refractivity contribution in [2.75, 3.05) is 32.8 Å². The van der Waals surface area contributed by atoms with Gasteiger partial charge < -0.3 is 10.0 Å². The Bertz CT molecular complexity index is 496. The van der Waals surface area contributed by atoms with Crippen LogP contribution >= 0.6 is 0 Å². The quantitative estimate of drug-likeness (QED) is 0.681. The van der Waals surface area contributed by atoms with Gasteiger partial charge in [-0.1, -0.05) is 26.0 Å². The van der Waals surface area contributed by atoms with Crippen molar-refractivity contribution in [1.29, 1.82) is 0 Å². The normalized spacial score (nSPS) is 12.0. The maximum absolute atomic E-state index is 12.1. The molecule has 2 N–H and O–H groups in total. The number of aliphatic hydroxyl groups excluding tert-OH is 1. The van der Waals surface area contributed by atoms with E-state index >= 15 is 0 Å². The number of likely N-dealkylation sites (N-methyl/N-ethyl adjacent to an activating group) is 1. The summed E-state index contributed by atoms with van der Waals surface area (Å²) in [6.45, 7) is 7.21. The first kappa shape index (κ1) is 18.1. The number of rotatable bonds is 10. The maximum atomic E-state index is 12.1. The van der Waals surface area contributed by atoms with Crippen molar-refractivity contribution in [3.8, 4) is 0 Å². The van der Waals surface area contributed by atoms with Gasteiger partial charge in [0.05, 0.1) is 4.90 Å². The van der Waals surface area contributed by atoms with Crippen molar-refractivity contribution < 1.29 is 13.5 Å². The molecule has 0 spiro atoms. The summed E-state index contributed by atoms with van der Waals surface area (Å²) in [5.41, 5.74) is 1.03. The number of sulfonamides is 1. The zero-order chi connectivity index (χ0) is 15.7. The molecule has 6 heteroatoms. The number of hydrogen-bond acceptors (Lipinski definition) is 4. The molecule has 0 aliphatic carbocycles. The van der Waals surface area contributed by atoms with Gasteiger partial charge in [-0.2, -0.15) is 0 Å². The summed E-state index contributed by atoms with van der Waals surface area (Å²) in [4.78, 5) is 2.45. The molecule has 0 fully saturated rings. The van der Waals surface area contributed by atoms with Gasteiger partial charge in [-0.15, -0.1) is 0 Å². The van der Waals surface area contributed by atoms with Crippen molar-refractivity contribution in [3.63, 3.8) is 0 Å². The molecule has 0 saturated heterocycles. The summed E-state index contributed by atoms with van der Waals surface area (Å²) >= 11 is 0. The minimum absolute atomic E-state index is 0.146. The van der Waals surface area contributed by atoms with Gasteiger partial charge in [0.1, 0.15) is 0 Å². The Labute approximate surface area is 128 Å². The average molecular weight is 314 g/mol. The van der Waals surface area contributed by atoms with Gasteiger partial charge in [0.2, 0.25) is 10.0 Å². The second-order valence-corrected chi connectivity index (χ2v) is 6.66. The van der Waals surface area contributed by atoms with Crippen molar-refractivity contribution >= 4 is 10.0 Å². The van der Waals surface area contributed by atoms with E-state index in [1.54, 1.807) is 24.3 Å². The number of aryl methyl sites for hydroxylation is 1. The zero-order valence-corrected chi connectivity index (χ0v) is 13.7. The summed E-state index contributed by atoms with van der Waals surface area (Å²) in [5.74, 6) is 0. The number of benzene rings is 1. The van der Waals surface area contributed by atoms with E-state index in [1.165, 1.54) is 0 Å². The lowest BCUT2D eigenvalue weighted by molar-refractivity contribution is 0.288. The summed E-state index contributed by atoms with van der Waals surface area (Å²) < 4.78 is 26.9. The molecule has 0 amide bonds. The van der Waals surface area contributed by atoms with E-state index in [-0.39, 0.29) is 11.5 Å². The highest BCUT2D eigenvalue weighted by atomic mass is 32.2. The van der Waals surface area contributed by atoms with E-state index in [9.17, 15) is 8.42 Å². The Morgan fingerprint density at radius 3 is 2.29 bits per heavy atom. The number of hydrogen-bond donors (Lipinski definition) is 2. The molecule has 120 valence electrons. The van der Waals surface area contributed by atoms with Crippen LogP contribution in [0.5, 0.6) is 0 Å². The molecule has 0 aliphatic rings. The summed E-state index contributed by atoms with van der Waals surface area (Å²) in [6, 6.07) is 6.84. The van der Waals surface area contributed by atoms with Crippen LogP contribution in [0.25, 0.3) is 0 Å². The highest BCUT2D eigenvalue weighted by molar-refractivity contribution is 7.89. The Hall–Kier alpha value is -0.950. The second-order valence-electron chi connectivity index (χ2n) is 4.90. The number of nitrogens with one attached hydrogen (secondary N) is 1. The van der Waals surface area contributed by atoms with Gasteiger partial charge in [0, 0.05) is 19.7 Å². The first-order chi connectivity index (χ1) is 10.0. The Kier molecular flexibility index (Phi) is 7.88. The topological polar surface area (TPSA) is 69.6 Å². The van der Waals surface area contributed by atoms with Crippen molar-refractivity contribution in [3.05, 3.63) is 29.8 Å². The van der Waals surface area contributed by atoms with E-state index in [2.05, 4.69) is 23.5 Å². The molecule has 5 nitrogen and oxygen atoms in total. The van der Waals surface area contributed by atoms with Crippen LogP contribution in [0.1, 0.15) is 25.8 Å². The predicted molar refractivity (Wildman–Crippen MR) is 84.8 cm³/mol.